The lowest BCUT2D eigenvalue weighted by atomic mass is 10.0. The summed E-state index contributed by atoms with van der Waals surface area (Å²) in [6.45, 7) is 4.60. The molecule has 0 aliphatic heterocycles. The molecule has 162 valence electrons. The number of thioether (sulfide) groups is 1. The van der Waals surface area contributed by atoms with Crippen molar-refractivity contribution in [3.8, 4) is 5.75 Å². The standard InChI is InChI=1S/C24H29ClO4S/c1-4-7-19-16-18(21(26)5-2)9-10-22(19)29-12-6-13-30-23-11-8-17(14-20(23)25)15-24(27)28-3/h8-11,14,16H,4-7,12-13,15H2,1-3H3. The van der Waals surface area contributed by atoms with Crippen LogP contribution in [-0.2, 0) is 22.4 Å². The lowest BCUT2D eigenvalue weighted by molar-refractivity contribution is -0.139. The first-order valence-electron chi connectivity index (χ1n) is 10.2. The normalized spacial score (nSPS) is 10.7. The highest BCUT2D eigenvalue weighted by Gasteiger charge is 2.10. The third-order valence-electron chi connectivity index (χ3n) is 4.60. The minimum absolute atomic E-state index is 0.157. The van der Waals surface area contributed by atoms with E-state index in [9.17, 15) is 9.59 Å². The van der Waals surface area contributed by atoms with Gasteiger partial charge in [-0.1, -0.05) is 37.9 Å². The van der Waals surface area contributed by atoms with E-state index in [2.05, 4.69) is 11.7 Å². The number of rotatable bonds is 12. The molecule has 0 saturated heterocycles. The van der Waals surface area contributed by atoms with E-state index in [1.165, 1.54) is 7.11 Å². The van der Waals surface area contributed by atoms with Crippen molar-refractivity contribution in [1.82, 2.24) is 0 Å². The van der Waals surface area contributed by atoms with Crippen LogP contribution in [0.2, 0.25) is 5.02 Å². The summed E-state index contributed by atoms with van der Waals surface area (Å²) in [5.74, 6) is 1.61. The largest absolute Gasteiger partial charge is 0.493 e. The highest BCUT2D eigenvalue weighted by molar-refractivity contribution is 7.99. The number of ether oxygens (including phenoxy) is 2. The van der Waals surface area contributed by atoms with Crippen molar-refractivity contribution in [1.29, 1.82) is 0 Å². The Hall–Kier alpha value is -1.98. The number of methoxy groups -OCH3 is 1. The van der Waals surface area contributed by atoms with Crippen LogP contribution in [0, 0.1) is 0 Å². The van der Waals surface area contributed by atoms with E-state index in [0.717, 1.165) is 52.4 Å². The first-order chi connectivity index (χ1) is 14.5. The van der Waals surface area contributed by atoms with Crippen molar-refractivity contribution in [2.24, 2.45) is 0 Å². The lowest BCUT2D eigenvalue weighted by Crippen LogP contribution is -2.04. The highest BCUT2D eigenvalue weighted by atomic mass is 35.5. The first kappa shape index (κ1) is 24.3. The zero-order valence-corrected chi connectivity index (χ0v) is 19.4. The van der Waals surface area contributed by atoms with E-state index in [4.69, 9.17) is 16.3 Å². The molecule has 0 spiro atoms. The molecular weight excluding hydrogens is 420 g/mol. The zero-order valence-electron chi connectivity index (χ0n) is 17.8. The Labute approximate surface area is 188 Å². The Kier molecular flexibility index (Phi) is 10.2. The fourth-order valence-electron chi connectivity index (χ4n) is 3.00. The van der Waals surface area contributed by atoms with E-state index in [1.807, 2.05) is 43.3 Å². The molecule has 0 aliphatic rings. The van der Waals surface area contributed by atoms with Crippen molar-refractivity contribution >= 4 is 35.1 Å². The average molecular weight is 449 g/mol. The van der Waals surface area contributed by atoms with Gasteiger partial charge in [0.25, 0.3) is 0 Å². The van der Waals surface area contributed by atoms with E-state index in [-0.39, 0.29) is 18.2 Å². The highest BCUT2D eigenvalue weighted by Crippen LogP contribution is 2.29. The Bertz CT molecular complexity index is 866. The number of carbonyl (C=O) groups is 2. The number of aryl methyl sites for hydroxylation is 1. The summed E-state index contributed by atoms with van der Waals surface area (Å²) in [4.78, 5) is 24.3. The summed E-state index contributed by atoms with van der Waals surface area (Å²) in [5, 5.41) is 0.642. The third kappa shape index (κ3) is 7.37. The van der Waals surface area contributed by atoms with Gasteiger partial charge in [-0.2, -0.15) is 0 Å². The van der Waals surface area contributed by atoms with E-state index >= 15 is 0 Å². The molecule has 0 aromatic heterocycles. The quantitative estimate of drug-likeness (QED) is 0.168. The van der Waals surface area contributed by atoms with Crippen molar-refractivity contribution in [2.75, 3.05) is 19.5 Å². The van der Waals surface area contributed by atoms with Gasteiger partial charge in [0.2, 0.25) is 0 Å². The molecule has 2 aromatic rings. The number of hydrogen-bond donors (Lipinski definition) is 0. The lowest BCUT2D eigenvalue weighted by Gasteiger charge is -2.13. The fourth-order valence-corrected chi connectivity index (χ4v) is 4.21. The van der Waals surface area contributed by atoms with Gasteiger partial charge in [-0.3, -0.25) is 9.59 Å². The Morgan fingerprint density at radius 3 is 2.57 bits per heavy atom. The second kappa shape index (κ2) is 12.7. The van der Waals surface area contributed by atoms with Crippen LogP contribution >= 0.6 is 23.4 Å². The Morgan fingerprint density at radius 1 is 1.10 bits per heavy atom. The molecule has 0 heterocycles. The number of hydrogen-bond acceptors (Lipinski definition) is 5. The molecule has 30 heavy (non-hydrogen) atoms. The number of benzene rings is 2. The van der Waals surface area contributed by atoms with E-state index in [0.29, 0.717) is 18.1 Å². The van der Waals surface area contributed by atoms with Gasteiger partial charge in [0, 0.05) is 22.6 Å². The first-order valence-corrected chi connectivity index (χ1v) is 11.6. The Balaban J connectivity index is 1.85. The van der Waals surface area contributed by atoms with Crippen molar-refractivity contribution in [3.63, 3.8) is 0 Å². The predicted molar refractivity (Wildman–Crippen MR) is 123 cm³/mol. The molecule has 0 unspecified atom stereocenters. The Morgan fingerprint density at radius 2 is 1.90 bits per heavy atom. The second-order valence-corrected chi connectivity index (χ2v) is 8.46. The van der Waals surface area contributed by atoms with Gasteiger partial charge in [-0.25, -0.2) is 0 Å². The van der Waals surface area contributed by atoms with E-state index in [1.54, 1.807) is 11.8 Å². The SMILES string of the molecule is CCCc1cc(C(=O)CC)ccc1OCCCSc1ccc(CC(=O)OC)cc1Cl. The summed E-state index contributed by atoms with van der Waals surface area (Å²) >= 11 is 8.01. The maximum atomic E-state index is 12.0. The van der Waals surface area contributed by atoms with Crippen molar-refractivity contribution in [2.45, 2.75) is 50.8 Å². The summed E-state index contributed by atoms with van der Waals surface area (Å²) in [7, 11) is 1.38. The van der Waals surface area contributed by atoms with Crippen LogP contribution < -0.4 is 4.74 Å². The predicted octanol–water partition coefficient (Wildman–Crippen LogP) is 6.16. The van der Waals surface area contributed by atoms with Crippen LogP contribution in [-0.4, -0.2) is 31.2 Å². The smallest absolute Gasteiger partial charge is 0.309 e. The molecule has 0 saturated carbocycles. The van der Waals surface area contributed by atoms with Crippen LogP contribution in [0.3, 0.4) is 0 Å². The number of halogens is 1. The molecule has 0 bridgehead atoms. The number of ketones is 1. The van der Waals surface area contributed by atoms with Crippen LogP contribution in [0.25, 0.3) is 0 Å². The molecule has 0 amide bonds. The van der Waals surface area contributed by atoms with Crippen LogP contribution in [0.4, 0.5) is 0 Å². The molecule has 2 rings (SSSR count). The topological polar surface area (TPSA) is 52.6 Å². The van der Waals surface area contributed by atoms with E-state index < -0.39 is 0 Å². The molecule has 0 fully saturated rings. The molecule has 4 nitrogen and oxygen atoms in total. The van der Waals surface area contributed by atoms with Gasteiger partial charge >= 0.3 is 5.97 Å². The maximum Gasteiger partial charge on any atom is 0.309 e. The van der Waals surface area contributed by atoms with Crippen LogP contribution in [0.5, 0.6) is 5.75 Å². The van der Waals surface area contributed by atoms with Crippen molar-refractivity contribution in [3.05, 3.63) is 58.1 Å². The monoisotopic (exact) mass is 448 g/mol. The van der Waals surface area contributed by atoms with Gasteiger partial charge in [0.15, 0.2) is 5.78 Å². The second-order valence-electron chi connectivity index (χ2n) is 6.92. The van der Waals surface area contributed by atoms with Gasteiger partial charge in [0.05, 0.1) is 25.2 Å². The zero-order chi connectivity index (χ0) is 21.9. The number of esters is 1. The molecule has 0 aliphatic carbocycles. The molecule has 0 atom stereocenters. The van der Waals surface area contributed by atoms with Crippen molar-refractivity contribution < 1.29 is 19.1 Å². The maximum absolute atomic E-state index is 12.0. The third-order valence-corrected chi connectivity index (χ3v) is 6.18. The van der Waals surface area contributed by atoms with Crippen LogP contribution in [0.1, 0.15) is 54.6 Å². The summed E-state index contributed by atoms with van der Waals surface area (Å²) < 4.78 is 10.7. The number of carbonyl (C=O) groups excluding carboxylic acids is 2. The van der Waals surface area contributed by atoms with Gasteiger partial charge in [-0.15, -0.1) is 11.8 Å². The van der Waals surface area contributed by atoms with Crippen LogP contribution in [0.15, 0.2) is 41.3 Å². The molecule has 2 aromatic carbocycles. The summed E-state index contributed by atoms with van der Waals surface area (Å²) in [5.41, 5.74) is 2.69. The summed E-state index contributed by atoms with van der Waals surface area (Å²) in [6.07, 6.45) is 3.49. The molecule has 0 radical (unpaired) electrons. The number of Topliss-reactive ketones (excluding diaryl/α,β-unsaturated/α-hetero) is 1. The van der Waals surface area contributed by atoms with Gasteiger partial charge in [0.1, 0.15) is 5.75 Å². The van der Waals surface area contributed by atoms with Gasteiger partial charge in [-0.05, 0) is 54.3 Å². The molecular formula is C24H29ClO4S. The average Bonchev–Trinajstić information content (AvgIpc) is 2.75. The molecule has 6 heteroatoms. The fraction of sp³-hybridized carbons (Fsp3) is 0.417. The molecule has 0 N–H and O–H groups in total. The van der Waals surface area contributed by atoms with Gasteiger partial charge < -0.3 is 9.47 Å². The summed E-state index contributed by atoms with van der Waals surface area (Å²) in [6, 6.07) is 11.4. The minimum Gasteiger partial charge on any atom is -0.493 e. The minimum atomic E-state index is -0.279.